The maximum Gasteiger partial charge on any atom is 0.264 e. The molecule has 0 spiro atoms. The van der Waals surface area contributed by atoms with Crippen LogP contribution in [0.15, 0.2) is 23.6 Å². The van der Waals surface area contributed by atoms with Crippen molar-refractivity contribution in [2.24, 2.45) is 0 Å². The Morgan fingerprint density at radius 1 is 1.18 bits per heavy atom. The molecule has 1 aliphatic rings. The van der Waals surface area contributed by atoms with Crippen molar-refractivity contribution in [2.45, 2.75) is 20.3 Å². The van der Waals surface area contributed by atoms with Crippen LogP contribution in [0.2, 0.25) is 0 Å². The smallest absolute Gasteiger partial charge is 0.264 e. The van der Waals surface area contributed by atoms with Gasteiger partial charge in [0, 0.05) is 50.7 Å². The fraction of sp³-hybridized carbons (Fsp3) is 0.500. The Bertz CT molecular complexity index is 874. The molecule has 28 heavy (non-hydrogen) atoms. The van der Waals surface area contributed by atoms with Gasteiger partial charge in [-0.15, -0.1) is 22.7 Å². The Labute approximate surface area is 178 Å². The van der Waals surface area contributed by atoms with Gasteiger partial charge in [-0.05, 0) is 37.8 Å². The summed E-state index contributed by atoms with van der Waals surface area (Å²) in [6.07, 6.45) is 1.10. The molecule has 5 nitrogen and oxygen atoms in total. The SMILES string of the molecule is CCN(CC)c1nc2sc(C(=O)N3CCN(CCc4cccs4)CC3)cc2s1. The van der Waals surface area contributed by atoms with E-state index in [9.17, 15) is 4.79 Å². The Hall–Kier alpha value is -1.48. The molecule has 3 aromatic rings. The van der Waals surface area contributed by atoms with Crippen molar-refractivity contribution >= 4 is 54.6 Å². The highest BCUT2D eigenvalue weighted by molar-refractivity contribution is 7.29. The van der Waals surface area contributed by atoms with E-state index in [1.165, 1.54) is 16.2 Å². The molecule has 0 saturated carbocycles. The van der Waals surface area contributed by atoms with Gasteiger partial charge in [0.25, 0.3) is 5.91 Å². The van der Waals surface area contributed by atoms with Crippen molar-refractivity contribution in [3.05, 3.63) is 33.3 Å². The third-order valence-corrected chi connectivity index (χ3v) is 8.38. The van der Waals surface area contributed by atoms with Gasteiger partial charge in [0.05, 0.1) is 9.58 Å². The summed E-state index contributed by atoms with van der Waals surface area (Å²) in [5.74, 6) is 0.164. The van der Waals surface area contributed by atoms with Gasteiger partial charge >= 0.3 is 0 Å². The van der Waals surface area contributed by atoms with Crippen molar-refractivity contribution < 1.29 is 4.79 Å². The molecule has 0 aromatic carbocycles. The predicted octanol–water partition coefficient (Wildman–Crippen LogP) is 4.27. The summed E-state index contributed by atoms with van der Waals surface area (Å²) >= 11 is 5.05. The van der Waals surface area contributed by atoms with E-state index in [0.717, 1.165) is 71.8 Å². The lowest BCUT2D eigenvalue weighted by molar-refractivity contribution is 0.0643. The highest BCUT2D eigenvalue weighted by atomic mass is 32.1. The van der Waals surface area contributed by atoms with Gasteiger partial charge in [-0.2, -0.15) is 0 Å². The first-order valence-electron chi connectivity index (χ1n) is 9.87. The molecule has 1 aliphatic heterocycles. The van der Waals surface area contributed by atoms with E-state index in [1.54, 1.807) is 11.3 Å². The minimum atomic E-state index is 0.164. The van der Waals surface area contributed by atoms with Crippen LogP contribution in [0.4, 0.5) is 5.13 Å². The first-order valence-corrected chi connectivity index (χ1v) is 12.4. The van der Waals surface area contributed by atoms with Gasteiger partial charge in [0.15, 0.2) is 5.13 Å². The highest BCUT2D eigenvalue weighted by Crippen LogP contribution is 2.35. The number of amides is 1. The number of fused-ring (bicyclic) bond motifs is 1. The molecule has 1 amide bonds. The molecule has 4 rings (SSSR count). The van der Waals surface area contributed by atoms with Crippen molar-refractivity contribution in [3.63, 3.8) is 0 Å². The molecule has 1 saturated heterocycles. The van der Waals surface area contributed by atoms with Crippen LogP contribution < -0.4 is 4.90 Å². The predicted molar refractivity (Wildman–Crippen MR) is 121 cm³/mol. The first kappa shape index (κ1) is 19.8. The van der Waals surface area contributed by atoms with E-state index in [2.05, 4.69) is 41.2 Å². The van der Waals surface area contributed by atoms with Gasteiger partial charge < -0.3 is 9.80 Å². The van der Waals surface area contributed by atoms with Crippen molar-refractivity contribution in [2.75, 3.05) is 50.7 Å². The molecule has 4 heterocycles. The molecule has 0 bridgehead atoms. The standard InChI is InChI=1S/C20H26N4OS3/c1-3-23(4-2)20-21-18-16(28-20)14-17(27-18)19(25)24-11-9-22(10-12-24)8-7-15-6-5-13-26-15/h5-6,13-14H,3-4,7-12H2,1-2H3. The second-order valence-corrected chi connectivity index (χ2v) is 9.98. The molecule has 0 N–H and O–H groups in total. The summed E-state index contributed by atoms with van der Waals surface area (Å²) in [6, 6.07) is 6.35. The number of nitrogens with zero attached hydrogens (tertiary/aromatic N) is 4. The normalized spacial score (nSPS) is 15.4. The lowest BCUT2D eigenvalue weighted by Crippen LogP contribution is -2.48. The third kappa shape index (κ3) is 4.25. The second kappa shape index (κ2) is 8.90. The van der Waals surface area contributed by atoms with Crippen LogP contribution in [-0.2, 0) is 6.42 Å². The van der Waals surface area contributed by atoms with Gasteiger partial charge in [-0.1, -0.05) is 17.4 Å². The molecule has 0 aliphatic carbocycles. The lowest BCUT2D eigenvalue weighted by Gasteiger charge is -2.34. The Balaban J connectivity index is 1.34. The number of carbonyl (C=O) groups excluding carboxylic acids is 1. The third-order valence-electron chi connectivity index (χ3n) is 5.24. The fourth-order valence-electron chi connectivity index (χ4n) is 3.51. The van der Waals surface area contributed by atoms with Crippen LogP contribution >= 0.6 is 34.0 Å². The van der Waals surface area contributed by atoms with E-state index in [-0.39, 0.29) is 5.91 Å². The Kier molecular flexibility index (Phi) is 6.30. The minimum absolute atomic E-state index is 0.164. The number of hydrogen-bond donors (Lipinski definition) is 0. The summed E-state index contributed by atoms with van der Waals surface area (Å²) < 4.78 is 1.13. The van der Waals surface area contributed by atoms with Crippen LogP contribution in [0.25, 0.3) is 9.53 Å². The zero-order chi connectivity index (χ0) is 19.5. The lowest BCUT2D eigenvalue weighted by atomic mass is 10.2. The number of rotatable bonds is 7. The summed E-state index contributed by atoms with van der Waals surface area (Å²) in [5, 5.41) is 3.20. The molecule has 0 radical (unpaired) electrons. The number of anilines is 1. The van der Waals surface area contributed by atoms with E-state index >= 15 is 0 Å². The highest BCUT2D eigenvalue weighted by Gasteiger charge is 2.24. The molecular weight excluding hydrogens is 408 g/mol. The summed E-state index contributed by atoms with van der Waals surface area (Å²) in [4.78, 5) is 27.7. The van der Waals surface area contributed by atoms with Crippen LogP contribution in [0.1, 0.15) is 28.4 Å². The van der Waals surface area contributed by atoms with Gasteiger partial charge in [-0.25, -0.2) is 4.98 Å². The molecule has 8 heteroatoms. The average Bonchev–Trinajstić information content (AvgIpc) is 3.44. The Morgan fingerprint density at radius 2 is 1.96 bits per heavy atom. The maximum absolute atomic E-state index is 12.9. The number of thiazole rings is 1. The number of carbonyl (C=O) groups is 1. The summed E-state index contributed by atoms with van der Waals surface area (Å²) in [7, 11) is 0. The van der Waals surface area contributed by atoms with Gasteiger partial charge in [0.1, 0.15) is 4.83 Å². The van der Waals surface area contributed by atoms with E-state index in [4.69, 9.17) is 4.98 Å². The fourth-order valence-corrected chi connectivity index (χ4v) is 6.52. The maximum atomic E-state index is 12.9. The van der Waals surface area contributed by atoms with Gasteiger partial charge in [0.2, 0.25) is 0 Å². The molecule has 0 atom stereocenters. The number of piperazine rings is 1. The second-order valence-electron chi connectivity index (χ2n) is 6.91. The van der Waals surface area contributed by atoms with Crippen molar-refractivity contribution in [1.29, 1.82) is 0 Å². The summed E-state index contributed by atoms with van der Waals surface area (Å²) in [6.45, 7) is 10.8. The number of thiophene rings is 2. The van der Waals surface area contributed by atoms with Crippen molar-refractivity contribution in [3.8, 4) is 0 Å². The van der Waals surface area contributed by atoms with Crippen molar-refractivity contribution in [1.82, 2.24) is 14.8 Å². The zero-order valence-corrected chi connectivity index (χ0v) is 18.8. The number of aromatic nitrogens is 1. The molecular formula is C20H26N4OS3. The van der Waals surface area contributed by atoms with E-state index in [0.29, 0.717) is 0 Å². The van der Waals surface area contributed by atoms with Crippen LogP contribution in [0, 0.1) is 0 Å². The largest absolute Gasteiger partial charge is 0.349 e. The van der Waals surface area contributed by atoms with E-state index in [1.807, 2.05) is 22.3 Å². The van der Waals surface area contributed by atoms with Gasteiger partial charge in [-0.3, -0.25) is 9.69 Å². The first-order chi connectivity index (χ1) is 13.7. The van der Waals surface area contributed by atoms with Crippen LogP contribution in [-0.4, -0.2) is 66.5 Å². The quantitative estimate of drug-likeness (QED) is 0.557. The van der Waals surface area contributed by atoms with Crippen LogP contribution in [0.5, 0.6) is 0 Å². The average molecular weight is 435 g/mol. The zero-order valence-electron chi connectivity index (χ0n) is 16.4. The molecule has 3 aromatic heterocycles. The van der Waals surface area contributed by atoms with E-state index < -0.39 is 0 Å². The molecule has 150 valence electrons. The Morgan fingerprint density at radius 3 is 2.61 bits per heavy atom. The summed E-state index contributed by atoms with van der Waals surface area (Å²) in [5.41, 5.74) is 0. The minimum Gasteiger partial charge on any atom is -0.349 e. The number of hydrogen-bond acceptors (Lipinski definition) is 7. The monoisotopic (exact) mass is 434 g/mol. The molecule has 1 fully saturated rings. The molecule has 0 unspecified atom stereocenters. The van der Waals surface area contributed by atoms with Crippen LogP contribution in [0.3, 0.4) is 0 Å². The topological polar surface area (TPSA) is 39.7 Å².